The highest BCUT2D eigenvalue weighted by Gasteiger charge is 2.20. The second kappa shape index (κ2) is 9.45. The maximum Gasteiger partial charge on any atom is 0.307 e. The number of benzene rings is 2. The number of hydrogen-bond donors (Lipinski definition) is 0. The molecule has 0 bridgehead atoms. The topological polar surface area (TPSA) is 80.8 Å². The number of hydrogen-bond acceptors (Lipinski definition) is 5. The number of ether oxygens (including phenoxy) is 1. The Morgan fingerprint density at radius 1 is 1.07 bits per heavy atom. The molecule has 0 spiro atoms. The summed E-state index contributed by atoms with van der Waals surface area (Å²) in [5, 5.41) is 0. The van der Waals surface area contributed by atoms with Crippen LogP contribution in [0.25, 0.3) is 0 Å². The van der Waals surface area contributed by atoms with E-state index in [4.69, 9.17) is 4.74 Å². The van der Waals surface area contributed by atoms with Gasteiger partial charge in [-0.1, -0.05) is 30.3 Å². The van der Waals surface area contributed by atoms with Crippen molar-refractivity contribution < 1.29 is 27.1 Å². The Morgan fingerprint density at radius 3 is 2.29 bits per heavy atom. The van der Waals surface area contributed by atoms with Gasteiger partial charge in [0.1, 0.15) is 5.82 Å². The summed E-state index contributed by atoms with van der Waals surface area (Å²) in [5.74, 6) is -2.22. The molecule has 2 rings (SSSR count). The Hall–Kier alpha value is -2.74. The highest BCUT2D eigenvalue weighted by atomic mass is 32.2. The molecular formula is C20H22FNO5S. The maximum absolute atomic E-state index is 12.9. The van der Waals surface area contributed by atoms with Gasteiger partial charge < -0.3 is 9.64 Å². The fourth-order valence-electron chi connectivity index (χ4n) is 2.46. The average Bonchev–Trinajstić information content (AvgIpc) is 2.70. The minimum absolute atomic E-state index is 0.0748. The van der Waals surface area contributed by atoms with E-state index < -0.39 is 46.3 Å². The van der Waals surface area contributed by atoms with E-state index in [-0.39, 0.29) is 10.9 Å². The van der Waals surface area contributed by atoms with Crippen molar-refractivity contribution in [2.45, 2.75) is 24.3 Å². The second-order valence-corrected chi connectivity index (χ2v) is 8.38. The monoisotopic (exact) mass is 407 g/mol. The third-order valence-electron chi connectivity index (χ3n) is 4.36. The number of sulfone groups is 1. The standard InChI is InChI=1S/C20H22FNO5S/c1-15(16-6-4-3-5-7-16)22(2)19(23)14-27-20(24)12-13-28(25,26)18-10-8-17(21)9-11-18/h3-11,15H,12-14H2,1-2H3/t15-/m0/s1. The number of carbonyl (C=O) groups is 2. The summed E-state index contributed by atoms with van der Waals surface area (Å²) in [4.78, 5) is 25.4. The summed E-state index contributed by atoms with van der Waals surface area (Å²) < 4.78 is 42.1. The van der Waals surface area contributed by atoms with Crippen LogP contribution < -0.4 is 0 Å². The van der Waals surface area contributed by atoms with Crippen LogP contribution in [0.1, 0.15) is 24.9 Å². The molecule has 0 saturated carbocycles. The van der Waals surface area contributed by atoms with E-state index in [2.05, 4.69) is 0 Å². The summed E-state index contributed by atoms with van der Waals surface area (Å²) in [5.41, 5.74) is 0.940. The van der Waals surface area contributed by atoms with Gasteiger partial charge in [-0.25, -0.2) is 12.8 Å². The number of esters is 1. The second-order valence-electron chi connectivity index (χ2n) is 6.27. The van der Waals surface area contributed by atoms with Crippen LogP contribution in [0.2, 0.25) is 0 Å². The molecule has 0 saturated heterocycles. The summed E-state index contributed by atoms with van der Waals surface area (Å²) in [7, 11) is -2.14. The quantitative estimate of drug-likeness (QED) is 0.497. The Labute approximate surface area is 163 Å². The minimum Gasteiger partial charge on any atom is -0.456 e. The summed E-state index contributed by atoms with van der Waals surface area (Å²) in [6.45, 7) is 1.38. The van der Waals surface area contributed by atoms with Crippen LogP contribution in [-0.2, 0) is 24.2 Å². The maximum atomic E-state index is 12.9. The van der Waals surface area contributed by atoms with Crippen LogP contribution in [0.3, 0.4) is 0 Å². The first-order valence-corrected chi connectivity index (χ1v) is 10.3. The number of amides is 1. The van der Waals surface area contributed by atoms with Gasteiger partial charge >= 0.3 is 5.97 Å². The lowest BCUT2D eigenvalue weighted by molar-refractivity contribution is -0.152. The molecule has 0 N–H and O–H groups in total. The van der Waals surface area contributed by atoms with Crippen LogP contribution >= 0.6 is 0 Å². The molecule has 150 valence electrons. The molecule has 0 fully saturated rings. The van der Waals surface area contributed by atoms with Gasteiger partial charge in [0, 0.05) is 7.05 Å². The van der Waals surface area contributed by atoms with Crippen molar-refractivity contribution in [2.24, 2.45) is 0 Å². The Morgan fingerprint density at radius 2 is 1.68 bits per heavy atom. The van der Waals surface area contributed by atoms with E-state index in [0.717, 1.165) is 29.8 Å². The number of halogens is 1. The predicted molar refractivity (Wildman–Crippen MR) is 102 cm³/mol. The van der Waals surface area contributed by atoms with Crippen molar-refractivity contribution in [1.82, 2.24) is 4.90 Å². The van der Waals surface area contributed by atoms with Gasteiger partial charge in [-0.2, -0.15) is 0 Å². The number of likely N-dealkylation sites (N-methyl/N-ethyl adjacent to an activating group) is 1. The van der Waals surface area contributed by atoms with Gasteiger partial charge in [0.05, 0.1) is 23.1 Å². The first kappa shape index (κ1) is 21.6. The first-order valence-electron chi connectivity index (χ1n) is 8.65. The lowest BCUT2D eigenvalue weighted by atomic mass is 10.1. The van der Waals surface area contributed by atoms with Gasteiger partial charge in [-0.3, -0.25) is 9.59 Å². The molecule has 0 aliphatic rings. The largest absolute Gasteiger partial charge is 0.456 e. The lowest BCUT2D eigenvalue weighted by Gasteiger charge is -2.25. The fraction of sp³-hybridized carbons (Fsp3) is 0.300. The highest BCUT2D eigenvalue weighted by molar-refractivity contribution is 7.91. The molecule has 0 aromatic heterocycles. The predicted octanol–water partition coefficient (Wildman–Crippen LogP) is 2.75. The SMILES string of the molecule is C[C@@H](c1ccccc1)N(C)C(=O)COC(=O)CCS(=O)(=O)c1ccc(F)cc1. The molecule has 2 aromatic carbocycles. The molecule has 28 heavy (non-hydrogen) atoms. The number of rotatable bonds is 8. The van der Waals surface area contributed by atoms with E-state index >= 15 is 0 Å². The van der Waals surface area contributed by atoms with Crippen molar-refractivity contribution in [1.29, 1.82) is 0 Å². The van der Waals surface area contributed by atoms with Crippen LogP contribution in [0.5, 0.6) is 0 Å². The molecule has 0 unspecified atom stereocenters. The van der Waals surface area contributed by atoms with Crippen LogP contribution in [-0.4, -0.2) is 44.6 Å². The summed E-state index contributed by atoms with van der Waals surface area (Å²) >= 11 is 0. The van der Waals surface area contributed by atoms with Gasteiger partial charge in [0.2, 0.25) is 0 Å². The zero-order chi connectivity index (χ0) is 20.7. The van der Waals surface area contributed by atoms with Crippen LogP contribution in [0, 0.1) is 5.82 Å². The highest BCUT2D eigenvalue weighted by Crippen LogP contribution is 2.18. The molecule has 8 heteroatoms. The van der Waals surface area contributed by atoms with Crippen LogP contribution in [0.15, 0.2) is 59.5 Å². The van der Waals surface area contributed by atoms with Crippen molar-refractivity contribution in [3.8, 4) is 0 Å². The molecule has 0 heterocycles. The molecular weight excluding hydrogens is 385 g/mol. The van der Waals surface area contributed by atoms with Gasteiger partial charge in [0.15, 0.2) is 16.4 Å². The Kier molecular flexibility index (Phi) is 7.28. The van der Waals surface area contributed by atoms with Crippen molar-refractivity contribution in [2.75, 3.05) is 19.4 Å². The smallest absolute Gasteiger partial charge is 0.307 e. The van der Waals surface area contributed by atoms with Crippen molar-refractivity contribution in [3.63, 3.8) is 0 Å². The van der Waals surface area contributed by atoms with Crippen molar-refractivity contribution >= 4 is 21.7 Å². The van der Waals surface area contributed by atoms with E-state index in [1.54, 1.807) is 7.05 Å². The third-order valence-corrected chi connectivity index (χ3v) is 6.09. The van der Waals surface area contributed by atoms with E-state index in [1.807, 2.05) is 37.3 Å². The van der Waals surface area contributed by atoms with Crippen LogP contribution in [0.4, 0.5) is 4.39 Å². The molecule has 1 amide bonds. The van der Waals surface area contributed by atoms with Crippen molar-refractivity contribution in [3.05, 3.63) is 66.0 Å². The van der Waals surface area contributed by atoms with Gasteiger partial charge in [0.25, 0.3) is 5.91 Å². The fourth-order valence-corrected chi connectivity index (χ4v) is 3.69. The number of nitrogens with zero attached hydrogens (tertiary/aromatic N) is 1. The average molecular weight is 407 g/mol. The molecule has 0 radical (unpaired) electrons. The Bertz CT molecular complexity index is 913. The van der Waals surface area contributed by atoms with E-state index in [1.165, 1.54) is 4.90 Å². The summed E-state index contributed by atoms with van der Waals surface area (Å²) in [6.07, 6.45) is -0.398. The van der Waals surface area contributed by atoms with Gasteiger partial charge in [-0.15, -0.1) is 0 Å². The van der Waals surface area contributed by atoms with E-state index in [9.17, 15) is 22.4 Å². The van der Waals surface area contributed by atoms with Gasteiger partial charge in [-0.05, 0) is 36.8 Å². The molecule has 0 aliphatic heterocycles. The zero-order valence-electron chi connectivity index (χ0n) is 15.7. The lowest BCUT2D eigenvalue weighted by Crippen LogP contribution is -2.33. The summed E-state index contributed by atoms with van der Waals surface area (Å²) in [6, 6.07) is 13.5. The zero-order valence-corrected chi connectivity index (χ0v) is 16.5. The first-order chi connectivity index (χ1) is 13.2. The normalized spacial score (nSPS) is 12.2. The Balaban J connectivity index is 1.83. The number of carbonyl (C=O) groups excluding carboxylic acids is 2. The molecule has 2 aromatic rings. The molecule has 0 aliphatic carbocycles. The molecule has 1 atom stereocenters. The third kappa shape index (κ3) is 5.88. The minimum atomic E-state index is -3.74. The van der Waals surface area contributed by atoms with E-state index in [0.29, 0.717) is 0 Å². The molecule has 6 nitrogen and oxygen atoms in total.